The third-order valence-corrected chi connectivity index (χ3v) is 4.93. The molecular formula is C11H12N2O3S. The number of anilines is 1. The van der Waals surface area contributed by atoms with Gasteiger partial charge < -0.3 is 5.32 Å². The van der Waals surface area contributed by atoms with Crippen molar-refractivity contribution in [3.8, 4) is 0 Å². The smallest absolute Gasteiger partial charge is 0.322 e. The molecule has 17 heavy (non-hydrogen) atoms. The van der Waals surface area contributed by atoms with Gasteiger partial charge in [-0.15, -0.1) is 0 Å². The van der Waals surface area contributed by atoms with Gasteiger partial charge in [-0.05, 0) is 12.1 Å². The number of fused-ring (bicyclic) bond motifs is 1. The predicted octanol–water partition coefficient (Wildman–Crippen LogP) is 0.382. The first-order valence-corrected chi connectivity index (χ1v) is 7.24. The van der Waals surface area contributed by atoms with Crippen LogP contribution in [0.15, 0.2) is 30.3 Å². The minimum Gasteiger partial charge on any atom is -0.332 e. The van der Waals surface area contributed by atoms with Crippen molar-refractivity contribution in [1.29, 1.82) is 0 Å². The predicted molar refractivity (Wildman–Crippen MR) is 63.7 cm³/mol. The van der Waals surface area contributed by atoms with Crippen LogP contribution in [0.1, 0.15) is 0 Å². The number of rotatable bonds is 1. The number of hydrogen-bond donors (Lipinski definition) is 1. The van der Waals surface area contributed by atoms with Crippen molar-refractivity contribution in [1.82, 2.24) is 5.32 Å². The molecule has 2 aliphatic heterocycles. The number of nitrogens with one attached hydrogen (secondary N) is 1. The van der Waals surface area contributed by atoms with Crippen LogP contribution in [0.5, 0.6) is 0 Å². The van der Waals surface area contributed by atoms with Crippen LogP contribution in [0, 0.1) is 0 Å². The monoisotopic (exact) mass is 252 g/mol. The summed E-state index contributed by atoms with van der Waals surface area (Å²) < 4.78 is 23.1. The first kappa shape index (κ1) is 10.6. The molecule has 0 spiro atoms. The molecule has 0 aliphatic carbocycles. The average molecular weight is 252 g/mol. The minimum absolute atomic E-state index is 0.0469. The lowest BCUT2D eigenvalue weighted by atomic mass is 10.1. The maximum Gasteiger partial charge on any atom is 0.322 e. The highest BCUT2D eigenvalue weighted by Crippen LogP contribution is 2.28. The molecule has 2 atom stereocenters. The van der Waals surface area contributed by atoms with E-state index in [1.165, 1.54) is 0 Å². The van der Waals surface area contributed by atoms with Crippen molar-refractivity contribution >= 4 is 21.6 Å². The fraction of sp³-hybridized carbons (Fsp3) is 0.364. The Morgan fingerprint density at radius 3 is 2.59 bits per heavy atom. The summed E-state index contributed by atoms with van der Waals surface area (Å²) in [6.45, 7) is 0. The number of urea groups is 1. The van der Waals surface area contributed by atoms with Gasteiger partial charge in [0.25, 0.3) is 0 Å². The van der Waals surface area contributed by atoms with Gasteiger partial charge >= 0.3 is 6.03 Å². The van der Waals surface area contributed by atoms with Crippen LogP contribution < -0.4 is 10.2 Å². The van der Waals surface area contributed by atoms with E-state index < -0.39 is 9.84 Å². The highest BCUT2D eigenvalue weighted by atomic mass is 32.2. The molecule has 2 aliphatic rings. The van der Waals surface area contributed by atoms with E-state index in [0.717, 1.165) is 5.69 Å². The molecular weight excluding hydrogens is 240 g/mol. The second-order valence-corrected chi connectivity index (χ2v) is 6.56. The number of carbonyl (C=O) groups excluding carboxylic acids is 1. The summed E-state index contributed by atoms with van der Waals surface area (Å²) in [5.41, 5.74) is 0.745. The molecule has 5 nitrogen and oxygen atoms in total. The number of nitrogens with zero attached hydrogens (tertiary/aromatic N) is 1. The van der Waals surface area contributed by atoms with E-state index in [4.69, 9.17) is 0 Å². The van der Waals surface area contributed by atoms with E-state index in [0.29, 0.717) is 0 Å². The summed E-state index contributed by atoms with van der Waals surface area (Å²) in [7, 11) is -3.03. The largest absolute Gasteiger partial charge is 0.332 e. The van der Waals surface area contributed by atoms with Crippen molar-refractivity contribution in [2.45, 2.75) is 12.1 Å². The molecule has 0 saturated carbocycles. The molecule has 1 aromatic carbocycles. The number of hydrogen-bond acceptors (Lipinski definition) is 3. The van der Waals surface area contributed by atoms with Gasteiger partial charge in [-0.25, -0.2) is 13.2 Å². The molecule has 0 aromatic heterocycles. The molecule has 2 saturated heterocycles. The van der Waals surface area contributed by atoms with E-state index >= 15 is 0 Å². The fourth-order valence-corrected chi connectivity index (χ4v) is 4.39. The second kappa shape index (κ2) is 3.46. The van der Waals surface area contributed by atoms with Gasteiger partial charge in [0.1, 0.15) is 0 Å². The molecule has 3 rings (SSSR count). The third-order valence-electron chi connectivity index (χ3n) is 3.22. The first-order chi connectivity index (χ1) is 8.07. The lowest BCUT2D eigenvalue weighted by Crippen LogP contribution is -2.36. The van der Waals surface area contributed by atoms with Crippen LogP contribution in [-0.4, -0.2) is 38.0 Å². The number of para-hydroxylation sites is 1. The third kappa shape index (κ3) is 1.68. The van der Waals surface area contributed by atoms with Gasteiger partial charge in [0.2, 0.25) is 0 Å². The van der Waals surface area contributed by atoms with Gasteiger partial charge in [-0.1, -0.05) is 18.2 Å². The fourth-order valence-electron chi connectivity index (χ4n) is 2.50. The number of amides is 2. The van der Waals surface area contributed by atoms with Crippen LogP contribution in [0.4, 0.5) is 10.5 Å². The summed E-state index contributed by atoms with van der Waals surface area (Å²) in [6, 6.07) is 8.41. The Labute approximate surface area is 99.3 Å². The van der Waals surface area contributed by atoms with Crippen molar-refractivity contribution in [2.75, 3.05) is 16.4 Å². The molecule has 90 valence electrons. The molecule has 1 N–H and O–H groups in total. The Morgan fingerprint density at radius 2 is 1.88 bits per heavy atom. The van der Waals surface area contributed by atoms with Crippen molar-refractivity contribution in [3.63, 3.8) is 0 Å². The molecule has 2 heterocycles. The van der Waals surface area contributed by atoms with Gasteiger partial charge in [0.15, 0.2) is 9.84 Å². The van der Waals surface area contributed by atoms with Crippen molar-refractivity contribution in [3.05, 3.63) is 30.3 Å². The molecule has 1 aromatic rings. The van der Waals surface area contributed by atoms with Gasteiger partial charge in [0.05, 0.1) is 23.6 Å². The van der Waals surface area contributed by atoms with Crippen LogP contribution in [0.3, 0.4) is 0 Å². The van der Waals surface area contributed by atoms with Crippen LogP contribution in [-0.2, 0) is 9.84 Å². The van der Waals surface area contributed by atoms with E-state index in [-0.39, 0.29) is 29.6 Å². The maximum absolute atomic E-state index is 11.8. The normalized spacial score (nSPS) is 30.1. The summed E-state index contributed by atoms with van der Waals surface area (Å²) >= 11 is 0. The average Bonchev–Trinajstić information content (AvgIpc) is 2.69. The second-order valence-electron chi connectivity index (χ2n) is 4.41. The Kier molecular flexibility index (Phi) is 2.16. The SMILES string of the molecule is O=C1N[C@@H]2CS(=O)(=O)C[C@H]2N1c1ccccc1. The Balaban J connectivity index is 1.98. The number of benzene rings is 1. The summed E-state index contributed by atoms with van der Waals surface area (Å²) in [4.78, 5) is 13.4. The van der Waals surface area contributed by atoms with Crippen LogP contribution in [0.2, 0.25) is 0 Å². The highest BCUT2D eigenvalue weighted by Gasteiger charge is 2.49. The Bertz CT molecular complexity index is 555. The zero-order chi connectivity index (χ0) is 12.0. The van der Waals surface area contributed by atoms with Crippen LogP contribution >= 0.6 is 0 Å². The summed E-state index contributed by atoms with van der Waals surface area (Å²) in [6.07, 6.45) is 0. The number of sulfone groups is 1. The van der Waals surface area contributed by atoms with E-state index in [2.05, 4.69) is 5.32 Å². The van der Waals surface area contributed by atoms with Crippen molar-refractivity contribution < 1.29 is 13.2 Å². The standard InChI is InChI=1S/C11H12N2O3S/c14-11-12-9-6-17(15,16)7-10(9)13(11)8-4-2-1-3-5-8/h1-5,9-10H,6-7H2,(H,12,14)/t9-,10-/m1/s1. The summed E-state index contributed by atoms with van der Waals surface area (Å²) in [5, 5.41) is 2.73. The van der Waals surface area contributed by atoms with E-state index in [9.17, 15) is 13.2 Å². The molecule has 6 heteroatoms. The molecule has 0 radical (unpaired) electrons. The molecule has 2 fully saturated rings. The zero-order valence-corrected chi connectivity index (χ0v) is 9.85. The lowest BCUT2D eigenvalue weighted by molar-refractivity contribution is 0.251. The van der Waals surface area contributed by atoms with Crippen molar-refractivity contribution in [2.24, 2.45) is 0 Å². The zero-order valence-electron chi connectivity index (χ0n) is 9.04. The van der Waals surface area contributed by atoms with Gasteiger partial charge in [0, 0.05) is 5.69 Å². The van der Waals surface area contributed by atoms with E-state index in [1.807, 2.05) is 30.3 Å². The Morgan fingerprint density at radius 1 is 1.18 bits per heavy atom. The topological polar surface area (TPSA) is 66.5 Å². The first-order valence-electron chi connectivity index (χ1n) is 5.42. The molecule has 0 unspecified atom stereocenters. The molecule has 2 amide bonds. The quantitative estimate of drug-likeness (QED) is 0.735. The van der Waals surface area contributed by atoms with E-state index in [1.54, 1.807) is 4.90 Å². The van der Waals surface area contributed by atoms with Gasteiger partial charge in [-0.3, -0.25) is 4.90 Å². The lowest BCUT2D eigenvalue weighted by Gasteiger charge is -2.21. The number of carbonyl (C=O) groups is 1. The highest BCUT2D eigenvalue weighted by molar-refractivity contribution is 7.91. The van der Waals surface area contributed by atoms with Gasteiger partial charge in [-0.2, -0.15) is 0 Å². The maximum atomic E-state index is 11.8. The summed E-state index contributed by atoms with van der Waals surface area (Å²) in [5.74, 6) is 0.0953. The Hall–Kier alpha value is -1.56. The van der Waals surface area contributed by atoms with Crippen LogP contribution in [0.25, 0.3) is 0 Å². The minimum atomic E-state index is -3.03. The molecule has 0 bridgehead atoms.